The lowest BCUT2D eigenvalue weighted by molar-refractivity contribution is -0.128. The summed E-state index contributed by atoms with van der Waals surface area (Å²) in [7, 11) is 0. The monoisotopic (exact) mass is 237 g/mol. The number of carbonyl (C=O) groups excluding carboxylic acids is 1. The normalized spacial score (nSPS) is 15.9. The molecule has 0 aliphatic heterocycles. The first kappa shape index (κ1) is 12.7. The number of aromatic nitrogens is 1. The minimum Gasteiger partial charge on any atom is -0.346 e. The first-order valence-electron chi connectivity index (χ1n) is 5.15. The van der Waals surface area contributed by atoms with E-state index in [9.17, 15) is 4.79 Å². The number of nitrogens with zero attached hydrogens (tertiary/aromatic N) is 2. The zero-order valence-corrected chi connectivity index (χ0v) is 10.5. The number of rotatable bonds is 4. The topological polar surface area (TPSA) is 65.8 Å². The summed E-state index contributed by atoms with van der Waals surface area (Å²) in [4.78, 5) is 16.0. The molecule has 0 aliphatic rings. The zero-order valence-electron chi connectivity index (χ0n) is 9.65. The van der Waals surface area contributed by atoms with Crippen LogP contribution in [0.3, 0.4) is 0 Å². The quantitative estimate of drug-likeness (QED) is 0.873. The predicted octanol–water partition coefficient (Wildman–Crippen LogP) is 2.26. The summed E-state index contributed by atoms with van der Waals surface area (Å²) in [6.45, 7) is 5.35. The Morgan fingerprint density at radius 1 is 1.81 bits per heavy atom. The zero-order chi connectivity index (χ0) is 12.2. The molecule has 1 aromatic heterocycles. The van der Waals surface area contributed by atoms with Gasteiger partial charge in [0.2, 0.25) is 5.91 Å². The smallest absolute Gasteiger partial charge is 0.240 e. The Labute approximate surface area is 99.3 Å². The van der Waals surface area contributed by atoms with Crippen molar-refractivity contribution in [1.82, 2.24) is 10.3 Å². The molecule has 0 aromatic carbocycles. The molecular weight excluding hydrogens is 222 g/mol. The molecule has 1 amide bonds. The van der Waals surface area contributed by atoms with E-state index < -0.39 is 5.41 Å². The van der Waals surface area contributed by atoms with Gasteiger partial charge in [-0.2, -0.15) is 5.26 Å². The third-order valence-corrected chi connectivity index (χ3v) is 3.58. The summed E-state index contributed by atoms with van der Waals surface area (Å²) in [6.07, 6.45) is 2.20. The van der Waals surface area contributed by atoms with E-state index in [4.69, 9.17) is 5.26 Å². The molecule has 86 valence electrons. The van der Waals surface area contributed by atoms with Gasteiger partial charge in [-0.3, -0.25) is 4.79 Å². The van der Waals surface area contributed by atoms with Gasteiger partial charge >= 0.3 is 0 Å². The Hall–Kier alpha value is -1.41. The number of nitriles is 1. The second kappa shape index (κ2) is 5.08. The lowest BCUT2D eigenvalue weighted by Crippen LogP contribution is -2.38. The highest BCUT2D eigenvalue weighted by molar-refractivity contribution is 7.09. The standard InChI is InChI=1S/C11H15N3OS/c1-4-11(3,7-12)10(15)14-8(2)9-13-5-6-16-9/h5-6,8H,4H2,1-3H3,(H,14,15). The maximum atomic E-state index is 11.9. The maximum Gasteiger partial charge on any atom is 0.240 e. The second-order valence-electron chi connectivity index (χ2n) is 3.86. The van der Waals surface area contributed by atoms with E-state index in [1.54, 1.807) is 13.1 Å². The van der Waals surface area contributed by atoms with Gasteiger partial charge in [0.15, 0.2) is 0 Å². The summed E-state index contributed by atoms with van der Waals surface area (Å²) in [5.41, 5.74) is -0.953. The van der Waals surface area contributed by atoms with Gasteiger partial charge < -0.3 is 5.32 Å². The Kier molecular flexibility index (Phi) is 4.02. The Morgan fingerprint density at radius 3 is 2.94 bits per heavy atom. The second-order valence-corrected chi connectivity index (χ2v) is 4.79. The third-order valence-electron chi connectivity index (χ3n) is 2.62. The van der Waals surface area contributed by atoms with Crippen LogP contribution in [0.1, 0.15) is 38.2 Å². The highest BCUT2D eigenvalue weighted by Crippen LogP contribution is 2.22. The van der Waals surface area contributed by atoms with Crippen molar-refractivity contribution in [3.8, 4) is 6.07 Å². The fourth-order valence-corrected chi connectivity index (χ4v) is 1.80. The Balaban J connectivity index is 2.69. The highest BCUT2D eigenvalue weighted by atomic mass is 32.1. The van der Waals surface area contributed by atoms with Crippen molar-refractivity contribution in [2.24, 2.45) is 5.41 Å². The molecule has 0 fully saturated rings. The van der Waals surface area contributed by atoms with Crippen LogP contribution in [0.4, 0.5) is 0 Å². The number of amides is 1. The van der Waals surface area contributed by atoms with Crippen molar-refractivity contribution in [2.45, 2.75) is 33.2 Å². The van der Waals surface area contributed by atoms with Crippen LogP contribution in [0.2, 0.25) is 0 Å². The SMILES string of the molecule is CCC(C)(C#N)C(=O)NC(C)c1nccs1. The summed E-state index contributed by atoms with van der Waals surface area (Å²) >= 11 is 1.49. The van der Waals surface area contributed by atoms with Gasteiger partial charge in [-0.25, -0.2) is 4.98 Å². The summed E-state index contributed by atoms with van der Waals surface area (Å²) < 4.78 is 0. The number of nitrogens with one attached hydrogen (secondary N) is 1. The van der Waals surface area contributed by atoms with E-state index >= 15 is 0 Å². The molecule has 2 atom stereocenters. The molecular formula is C11H15N3OS. The van der Waals surface area contributed by atoms with Crippen molar-refractivity contribution >= 4 is 17.2 Å². The van der Waals surface area contributed by atoms with E-state index in [2.05, 4.69) is 10.3 Å². The van der Waals surface area contributed by atoms with Gasteiger partial charge in [0.1, 0.15) is 10.4 Å². The van der Waals surface area contributed by atoms with Crippen LogP contribution in [0.5, 0.6) is 0 Å². The predicted molar refractivity (Wildman–Crippen MR) is 62.7 cm³/mol. The number of carbonyl (C=O) groups is 1. The molecule has 1 N–H and O–H groups in total. The molecule has 1 aromatic rings. The minimum absolute atomic E-state index is 0.147. The van der Waals surface area contributed by atoms with Crippen LogP contribution in [-0.4, -0.2) is 10.9 Å². The molecule has 16 heavy (non-hydrogen) atoms. The van der Waals surface area contributed by atoms with Crippen LogP contribution in [0, 0.1) is 16.7 Å². The summed E-state index contributed by atoms with van der Waals surface area (Å²) in [5.74, 6) is -0.236. The van der Waals surface area contributed by atoms with Crippen molar-refractivity contribution < 1.29 is 4.79 Å². The van der Waals surface area contributed by atoms with Gasteiger partial charge in [-0.15, -0.1) is 11.3 Å². The number of hydrogen-bond donors (Lipinski definition) is 1. The van der Waals surface area contributed by atoms with Crippen LogP contribution >= 0.6 is 11.3 Å². The number of thiazole rings is 1. The van der Waals surface area contributed by atoms with Crippen LogP contribution in [0.25, 0.3) is 0 Å². The third kappa shape index (κ3) is 2.58. The molecule has 0 aliphatic carbocycles. The molecule has 0 saturated carbocycles. The van der Waals surface area contributed by atoms with Crippen molar-refractivity contribution in [3.05, 3.63) is 16.6 Å². The lowest BCUT2D eigenvalue weighted by atomic mass is 9.88. The van der Waals surface area contributed by atoms with Crippen molar-refractivity contribution in [3.63, 3.8) is 0 Å². The average Bonchev–Trinajstić information content (AvgIpc) is 2.81. The van der Waals surface area contributed by atoms with Gasteiger partial charge in [-0.1, -0.05) is 6.92 Å². The maximum absolute atomic E-state index is 11.9. The van der Waals surface area contributed by atoms with Gasteiger partial charge in [0.05, 0.1) is 12.1 Å². The molecule has 5 heteroatoms. The van der Waals surface area contributed by atoms with E-state index in [-0.39, 0.29) is 11.9 Å². The van der Waals surface area contributed by atoms with Crippen LogP contribution < -0.4 is 5.32 Å². The van der Waals surface area contributed by atoms with Crippen molar-refractivity contribution in [1.29, 1.82) is 5.26 Å². The Bertz CT molecular complexity index is 396. The number of hydrogen-bond acceptors (Lipinski definition) is 4. The van der Waals surface area contributed by atoms with E-state index in [1.807, 2.05) is 25.3 Å². The molecule has 1 heterocycles. The minimum atomic E-state index is -0.953. The van der Waals surface area contributed by atoms with Gasteiger partial charge in [-0.05, 0) is 20.3 Å². The average molecular weight is 237 g/mol. The summed E-state index contributed by atoms with van der Waals surface area (Å²) in [6, 6.07) is 1.90. The fourth-order valence-electron chi connectivity index (χ4n) is 1.16. The largest absolute Gasteiger partial charge is 0.346 e. The first-order chi connectivity index (χ1) is 7.53. The molecule has 0 saturated heterocycles. The van der Waals surface area contributed by atoms with Crippen LogP contribution in [0.15, 0.2) is 11.6 Å². The van der Waals surface area contributed by atoms with Crippen LogP contribution in [-0.2, 0) is 4.79 Å². The fraction of sp³-hybridized carbons (Fsp3) is 0.545. The molecule has 0 radical (unpaired) electrons. The highest BCUT2D eigenvalue weighted by Gasteiger charge is 2.32. The first-order valence-corrected chi connectivity index (χ1v) is 6.03. The molecule has 0 bridgehead atoms. The molecule has 4 nitrogen and oxygen atoms in total. The molecule has 0 spiro atoms. The van der Waals surface area contributed by atoms with Gasteiger partial charge in [0.25, 0.3) is 0 Å². The molecule has 2 unspecified atom stereocenters. The molecule has 1 rings (SSSR count). The van der Waals surface area contributed by atoms with E-state index in [0.29, 0.717) is 6.42 Å². The van der Waals surface area contributed by atoms with Crippen molar-refractivity contribution in [2.75, 3.05) is 0 Å². The lowest BCUT2D eigenvalue weighted by Gasteiger charge is -2.21. The van der Waals surface area contributed by atoms with Gasteiger partial charge in [0, 0.05) is 11.6 Å². The Morgan fingerprint density at radius 2 is 2.50 bits per heavy atom. The van der Waals surface area contributed by atoms with E-state index in [1.165, 1.54) is 11.3 Å². The summed E-state index contributed by atoms with van der Waals surface area (Å²) in [5, 5.41) is 14.5. The van der Waals surface area contributed by atoms with E-state index in [0.717, 1.165) is 5.01 Å².